The highest BCUT2D eigenvalue weighted by Gasteiger charge is 2.20. The van der Waals surface area contributed by atoms with E-state index in [0.29, 0.717) is 6.54 Å². The minimum Gasteiger partial charge on any atom is -0.383 e. The number of rotatable bonds is 6. The van der Waals surface area contributed by atoms with Crippen LogP contribution in [0.25, 0.3) is 10.1 Å². The Morgan fingerprint density at radius 1 is 1.25 bits per heavy atom. The molecule has 0 bridgehead atoms. The summed E-state index contributed by atoms with van der Waals surface area (Å²) in [7, 11) is 1.72. The minimum absolute atomic E-state index is 0.0564. The van der Waals surface area contributed by atoms with Crippen LogP contribution in [0.5, 0.6) is 0 Å². The molecule has 24 heavy (non-hydrogen) atoms. The molecule has 5 nitrogen and oxygen atoms in total. The third-order valence-corrected chi connectivity index (χ3v) is 5.52. The van der Waals surface area contributed by atoms with E-state index in [1.165, 1.54) is 15.6 Å². The van der Waals surface area contributed by atoms with Gasteiger partial charge in [-0.15, -0.1) is 11.3 Å². The average molecular weight is 347 g/mol. The molecule has 1 aromatic heterocycles. The molecule has 3 rings (SSSR count). The van der Waals surface area contributed by atoms with Crippen LogP contribution in [0.3, 0.4) is 0 Å². The maximum absolute atomic E-state index is 12.3. The molecule has 0 radical (unpaired) electrons. The van der Waals surface area contributed by atoms with Gasteiger partial charge in [-0.2, -0.15) is 0 Å². The maximum Gasteiger partial charge on any atom is 0.317 e. The van der Waals surface area contributed by atoms with Crippen LogP contribution in [-0.4, -0.2) is 68.8 Å². The summed E-state index contributed by atoms with van der Waals surface area (Å²) in [6.07, 6.45) is 0.879. The Labute approximate surface area is 147 Å². The van der Waals surface area contributed by atoms with Crippen LogP contribution in [0.1, 0.15) is 5.56 Å². The van der Waals surface area contributed by atoms with E-state index < -0.39 is 0 Å². The minimum atomic E-state index is 0.0564. The Morgan fingerprint density at radius 3 is 2.83 bits per heavy atom. The van der Waals surface area contributed by atoms with Crippen molar-refractivity contribution in [3.05, 3.63) is 35.2 Å². The second-order valence-electron chi connectivity index (χ2n) is 6.06. The quantitative estimate of drug-likeness (QED) is 0.873. The fourth-order valence-electron chi connectivity index (χ4n) is 3.04. The molecule has 1 saturated heterocycles. The van der Waals surface area contributed by atoms with Gasteiger partial charge in [-0.05, 0) is 28.8 Å². The first kappa shape index (κ1) is 17.2. The van der Waals surface area contributed by atoms with Gasteiger partial charge in [-0.1, -0.05) is 18.2 Å². The zero-order chi connectivity index (χ0) is 16.8. The second-order valence-corrected chi connectivity index (χ2v) is 6.97. The van der Waals surface area contributed by atoms with E-state index in [1.807, 2.05) is 4.90 Å². The van der Waals surface area contributed by atoms with Crippen LogP contribution < -0.4 is 5.32 Å². The zero-order valence-electron chi connectivity index (χ0n) is 14.2. The number of benzene rings is 1. The fourth-order valence-corrected chi connectivity index (χ4v) is 4.03. The first-order valence-electron chi connectivity index (χ1n) is 8.47. The predicted octanol–water partition coefficient (Wildman–Crippen LogP) is 2.42. The monoisotopic (exact) mass is 347 g/mol. The van der Waals surface area contributed by atoms with E-state index in [1.54, 1.807) is 18.4 Å². The van der Waals surface area contributed by atoms with Crippen LogP contribution in [0, 0.1) is 0 Å². The third-order valence-electron chi connectivity index (χ3n) is 4.50. The van der Waals surface area contributed by atoms with Crippen LogP contribution in [0.2, 0.25) is 0 Å². The Hall–Kier alpha value is -1.63. The molecule has 0 saturated carbocycles. The van der Waals surface area contributed by atoms with E-state index in [-0.39, 0.29) is 6.03 Å². The van der Waals surface area contributed by atoms with Gasteiger partial charge in [0.25, 0.3) is 0 Å². The second kappa shape index (κ2) is 8.46. The zero-order valence-corrected chi connectivity index (χ0v) is 15.0. The molecule has 1 aliphatic rings. The molecule has 2 aromatic rings. The lowest BCUT2D eigenvalue weighted by Gasteiger charge is -2.34. The summed E-state index contributed by atoms with van der Waals surface area (Å²) >= 11 is 1.77. The van der Waals surface area contributed by atoms with Crippen molar-refractivity contribution in [2.24, 2.45) is 0 Å². The van der Waals surface area contributed by atoms with Gasteiger partial charge >= 0.3 is 6.03 Å². The smallest absolute Gasteiger partial charge is 0.317 e. The highest BCUT2D eigenvalue weighted by Crippen LogP contribution is 2.25. The first-order chi connectivity index (χ1) is 11.8. The van der Waals surface area contributed by atoms with Gasteiger partial charge in [0.15, 0.2) is 0 Å². The number of carbonyl (C=O) groups is 1. The van der Waals surface area contributed by atoms with Crippen LogP contribution in [0.15, 0.2) is 29.6 Å². The van der Waals surface area contributed by atoms with Gasteiger partial charge < -0.3 is 15.0 Å². The number of piperazine rings is 1. The van der Waals surface area contributed by atoms with Gasteiger partial charge in [0, 0.05) is 51.1 Å². The average Bonchev–Trinajstić information content (AvgIpc) is 3.03. The molecule has 1 aliphatic heterocycles. The summed E-state index contributed by atoms with van der Waals surface area (Å²) < 4.78 is 6.42. The van der Waals surface area contributed by atoms with Gasteiger partial charge in [0.2, 0.25) is 0 Å². The van der Waals surface area contributed by atoms with E-state index in [2.05, 4.69) is 39.9 Å². The van der Waals surface area contributed by atoms with Crippen LogP contribution >= 0.6 is 11.3 Å². The summed E-state index contributed by atoms with van der Waals surface area (Å²) in [6.45, 7) is 5.80. The lowest BCUT2D eigenvalue weighted by Crippen LogP contribution is -2.52. The van der Waals surface area contributed by atoms with Gasteiger partial charge in [-0.3, -0.25) is 4.90 Å². The molecular formula is C18H25N3O2S. The largest absolute Gasteiger partial charge is 0.383 e. The molecule has 0 unspecified atom stereocenters. The first-order valence-corrected chi connectivity index (χ1v) is 9.35. The molecular weight excluding hydrogens is 322 g/mol. The Morgan fingerprint density at radius 2 is 2.04 bits per heavy atom. The number of methoxy groups -OCH3 is 1. The number of hydrogen-bond acceptors (Lipinski definition) is 4. The van der Waals surface area contributed by atoms with Crippen molar-refractivity contribution >= 4 is 27.5 Å². The van der Waals surface area contributed by atoms with E-state index >= 15 is 0 Å². The standard InChI is InChI=1S/C18H25N3O2S/c1-23-13-12-20-8-10-21(11-9-20)18(22)19-7-6-15-14-24-17-5-3-2-4-16(15)17/h2-5,14H,6-13H2,1H3,(H,19,22). The summed E-state index contributed by atoms with van der Waals surface area (Å²) in [5, 5.41) is 6.57. The molecule has 0 atom stereocenters. The number of ether oxygens (including phenoxy) is 1. The third kappa shape index (κ3) is 4.26. The van der Waals surface area contributed by atoms with E-state index in [4.69, 9.17) is 4.74 Å². The number of nitrogens with one attached hydrogen (secondary N) is 1. The number of fused-ring (bicyclic) bond motifs is 1. The molecule has 2 amide bonds. The number of nitrogens with zero attached hydrogens (tertiary/aromatic N) is 2. The Kier molecular flexibility index (Phi) is 6.07. The highest BCUT2D eigenvalue weighted by atomic mass is 32.1. The lowest BCUT2D eigenvalue weighted by molar-refractivity contribution is 0.106. The van der Waals surface area contributed by atoms with Crippen molar-refractivity contribution in [1.82, 2.24) is 15.1 Å². The normalized spacial score (nSPS) is 15.8. The lowest BCUT2D eigenvalue weighted by atomic mass is 10.1. The van der Waals surface area contributed by atoms with Gasteiger partial charge in [0.05, 0.1) is 6.61 Å². The van der Waals surface area contributed by atoms with E-state index in [0.717, 1.165) is 45.8 Å². The fraction of sp³-hybridized carbons (Fsp3) is 0.500. The molecule has 0 spiro atoms. The van der Waals surface area contributed by atoms with E-state index in [9.17, 15) is 4.79 Å². The molecule has 6 heteroatoms. The van der Waals surface area contributed by atoms with Crippen molar-refractivity contribution in [2.45, 2.75) is 6.42 Å². The van der Waals surface area contributed by atoms with Crippen molar-refractivity contribution in [2.75, 3.05) is 53.0 Å². The van der Waals surface area contributed by atoms with Crippen molar-refractivity contribution in [3.8, 4) is 0 Å². The Balaban J connectivity index is 1.42. The van der Waals surface area contributed by atoms with Gasteiger partial charge in [-0.25, -0.2) is 4.79 Å². The molecule has 2 heterocycles. The molecule has 1 N–H and O–H groups in total. The molecule has 130 valence electrons. The molecule has 0 aliphatic carbocycles. The van der Waals surface area contributed by atoms with Gasteiger partial charge in [0.1, 0.15) is 0 Å². The van der Waals surface area contributed by atoms with Crippen molar-refractivity contribution in [1.29, 1.82) is 0 Å². The topological polar surface area (TPSA) is 44.8 Å². The maximum atomic E-state index is 12.3. The van der Waals surface area contributed by atoms with Crippen LogP contribution in [-0.2, 0) is 11.2 Å². The summed E-state index contributed by atoms with van der Waals surface area (Å²) in [5.74, 6) is 0. The molecule has 1 fully saturated rings. The number of urea groups is 1. The summed E-state index contributed by atoms with van der Waals surface area (Å²) in [5.41, 5.74) is 1.32. The Bertz CT molecular complexity index is 665. The summed E-state index contributed by atoms with van der Waals surface area (Å²) in [4.78, 5) is 16.5. The van der Waals surface area contributed by atoms with Crippen molar-refractivity contribution in [3.63, 3.8) is 0 Å². The molecule has 1 aromatic carbocycles. The number of thiophene rings is 1. The van der Waals surface area contributed by atoms with Crippen LogP contribution in [0.4, 0.5) is 4.79 Å². The predicted molar refractivity (Wildman–Crippen MR) is 98.8 cm³/mol. The number of amides is 2. The number of carbonyl (C=O) groups excluding carboxylic acids is 1. The van der Waals surface area contributed by atoms with Crippen molar-refractivity contribution < 1.29 is 9.53 Å². The SMILES string of the molecule is COCCN1CCN(C(=O)NCCc2csc3ccccc23)CC1. The highest BCUT2D eigenvalue weighted by molar-refractivity contribution is 7.17. The number of hydrogen-bond donors (Lipinski definition) is 1. The summed E-state index contributed by atoms with van der Waals surface area (Å²) in [6, 6.07) is 8.49.